The number of halogens is 3. The summed E-state index contributed by atoms with van der Waals surface area (Å²) in [5.41, 5.74) is -0.877. The highest BCUT2D eigenvalue weighted by molar-refractivity contribution is 5.79. The molecule has 2 N–H and O–H groups in total. The van der Waals surface area contributed by atoms with Gasteiger partial charge >= 0.3 is 0 Å². The molecule has 0 aliphatic heterocycles. The Morgan fingerprint density at radius 2 is 1.94 bits per heavy atom. The standard InChI is InChI=1S/C12H13F3N2O/c1-16-6-9(18)17-12(4-5-12)7-2-3-8(13)11(15)10(7)14/h2-3,16H,4-6H2,1H3,(H,17,18). The van der Waals surface area contributed by atoms with Crippen LogP contribution in [-0.2, 0) is 10.3 Å². The molecule has 1 aromatic carbocycles. The molecule has 1 aromatic rings. The summed E-state index contributed by atoms with van der Waals surface area (Å²) in [6.07, 6.45) is 1.04. The first kappa shape index (κ1) is 12.9. The van der Waals surface area contributed by atoms with Gasteiger partial charge in [0.1, 0.15) is 0 Å². The molecule has 0 saturated heterocycles. The van der Waals surface area contributed by atoms with Gasteiger partial charge in [-0.1, -0.05) is 6.07 Å². The molecule has 1 amide bonds. The summed E-state index contributed by atoms with van der Waals surface area (Å²) in [4.78, 5) is 11.5. The van der Waals surface area contributed by atoms with Crippen LogP contribution in [0, 0.1) is 17.5 Å². The lowest BCUT2D eigenvalue weighted by molar-refractivity contribution is -0.121. The molecule has 18 heavy (non-hydrogen) atoms. The number of benzene rings is 1. The fraction of sp³-hybridized carbons (Fsp3) is 0.417. The van der Waals surface area contributed by atoms with Crippen molar-refractivity contribution in [1.29, 1.82) is 0 Å². The first-order chi connectivity index (χ1) is 8.50. The Labute approximate surface area is 102 Å². The zero-order valence-electron chi connectivity index (χ0n) is 9.82. The molecule has 1 aliphatic rings. The Kier molecular flexibility index (Phi) is 3.30. The maximum atomic E-state index is 13.7. The molecule has 3 nitrogen and oxygen atoms in total. The molecule has 2 rings (SSSR count). The molecule has 0 spiro atoms. The zero-order chi connectivity index (χ0) is 13.3. The van der Waals surface area contributed by atoms with Crippen molar-refractivity contribution >= 4 is 5.91 Å². The van der Waals surface area contributed by atoms with Crippen molar-refractivity contribution in [2.24, 2.45) is 0 Å². The van der Waals surface area contributed by atoms with E-state index in [4.69, 9.17) is 0 Å². The van der Waals surface area contributed by atoms with Gasteiger partial charge in [-0.05, 0) is 26.0 Å². The van der Waals surface area contributed by atoms with E-state index in [1.165, 1.54) is 6.07 Å². The molecule has 0 unspecified atom stereocenters. The van der Waals surface area contributed by atoms with Crippen molar-refractivity contribution in [2.75, 3.05) is 13.6 Å². The quantitative estimate of drug-likeness (QED) is 0.802. The number of nitrogens with one attached hydrogen (secondary N) is 2. The lowest BCUT2D eigenvalue weighted by atomic mass is 10.0. The average Bonchev–Trinajstić information content (AvgIpc) is 3.07. The van der Waals surface area contributed by atoms with Crippen LogP contribution in [0.4, 0.5) is 13.2 Å². The number of carbonyl (C=O) groups excluding carboxylic acids is 1. The molecule has 1 aliphatic carbocycles. The van der Waals surface area contributed by atoms with Gasteiger partial charge in [-0.3, -0.25) is 4.79 Å². The van der Waals surface area contributed by atoms with E-state index in [0.29, 0.717) is 12.8 Å². The second kappa shape index (κ2) is 4.61. The van der Waals surface area contributed by atoms with Crippen LogP contribution in [0.25, 0.3) is 0 Å². The topological polar surface area (TPSA) is 41.1 Å². The third-order valence-corrected chi connectivity index (χ3v) is 3.02. The molecule has 0 bridgehead atoms. The van der Waals surface area contributed by atoms with E-state index in [1.54, 1.807) is 7.05 Å². The number of hydrogen-bond donors (Lipinski definition) is 2. The Morgan fingerprint density at radius 3 is 2.50 bits per heavy atom. The van der Waals surface area contributed by atoms with Crippen molar-refractivity contribution in [3.8, 4) is 0 Å². The third kappa shape index (κ3) is 2.20. The van der Waals surface area contributed by atoms with Gasteiger partial charge in [0.25, 0.3) is 0 Å². The minimum absolute atomic E-state index is 0.00542. The van der Waals surface area contributed by atoms with Gasteiger partial charge in [0, 0.05) is 5.56 Å². The summed E-state index contributed by atoms with van der Waals surface area (Å²) in [5.74, 6) is -4.26. The van der Waals surface area contributed by atoms with Crippen molar-refractivity contribution in [1.82, 2.24) is 10.6 Å². The normalized spacial score (nSPS) is 16.4. The van der Waals surface area contributed by atoms with Gasteiger partial charge < -0.3 is 10.6 Å². The van der Waals surface area contributed by atoms with E-state index < -0.39 is 23.0 Å². The van der Waals surface area contributed by atoms with Crippen LogP contribution in [0.3, 0.4) is 0 Å². The molecular formula is C12H13F3N2O. The summed E-state index contributed by atoms with van der Waals surface area (Å²) in [6, 6.07) is 2.05. The molecule has 98 valence electrons. The number of likely N-dealkylation sites (N-methyl/N-ethyl adjacent to an activating group) is 1. The van der Waals surface area contributed by atoms with Crippen molar-refractivity contribution in [2.45, 2.75) is 18.4 Å². The van der Waals surface area contributed by atoms with Crippen LogP contribution in [0.15, 0.2) is 12.1 Å². The second-order valence-corrected chi connectivity index (χ2v) is 4.38. The number of hydrogen-bond acceptors (Lipinski definition) is 2. The third-order valence-electron chi connectivity index (χ3n) is 3.02. The van der Waals surface area contributed by atoms with Crippen molar-refractivity contribution in [3.05, 3.63) is 35.1 Å². The summed E-state index contributed by atoms with van der Waals surface area (Å²) in [5, 5.41) is 5.31. The summed E-state index contributed by atoms with van der Waals surface area (Å²) in [6.45, 7) is 0.0903. The lowest BCUT2D eigenvalue weighted by Crippen LogP contribution is -2.40. The predicted octanol–water partition coefficient (Wildman–Crippen LogP) is 1.43. The molecule has 0 aromatic heterocycles. The number of amides is 1. The molecule has 0 radical (unpaired) electrons. The maximum Gasteiger partial charge on any atom is 0.234 e. The van der Waals surface area contributed by atoms with E-state index >= 15 is 0 Å². The summed E-state index contributed by atoms with van der Waals surface area (Å²) >= 11 is 0. The van der Waals surface area contributed by atoms with E-state index in [-0.39, 0.29) is 18.0 Å². The highest BCUT2D eigenvalue weighted by atomic mass is 19.2. The molecule has 1 fully saturated rings. The van der Waals surface area contributed by atoms with Gasteiger partial charge in [0.05, 0.1) is 12.1 Å². The van der Waals surface area contributed by atoms with Crippen LogP contribution in [0.1, 0.15) is 18.4 Å². The van der Waals surface area contributed by atoms with Gasteiger partial charge in [-0.25, -0.2) is 13.2 Å². The number of rotatable bonds is 4. The fourth-order valence-electron chi connectivity index (χ4n) is 1.95. The Morgan fingerprint density at radius 1 is 1.28 bits per heavy atom. The minimum atomic E-state index is -1.50. The molecule has 1 saturated carbocycles. The second-order valence-electron chi connectivity index (χ2n) is 4.38. The van der Waals surface area contributed by atoms with Gasteiger partial charge in [-0.2, -0.15) is 0 Å². The summed E-state index contributed by atoms with van der Waals surface area (Å²) in [7, 11) is 1.61. The highest BCUT2D eigenvalue weighted by Gasteiger charge is 2.48. The molecule has 0 atom stereocenters. The van der Waals surface area contributed by atoms with Gasteiger partial charge in [0.15, 0.2) is 17.5 Å². The van der Waals surface area contributed by atoms with Crippen LogP contribution in [0.5, 0.6) is 0 Å². The van der Waals surface area contributed by atoms with Gasteiger partial charge in [0.2, 0.25) is 5.91 Å². The van der Waals surface area contributed by atoms with Crippen LogP contribution in [-0.4, -0.2) is 19.5 Å². The van der Waals surface area contributed by atoms with Crippen LogP contribution in [0.2, 0.25) is 0 Å². The van der Waals surface area contributed by atoms with Crippen molar-refractivity contribution in [3.63, 3.8) is 0 Å². The zero-order valence-corrected chi connectivity index (χ0v) is 9.82. The SMILES string of the molecule is CNCC(=O)NC1(c2ccc(F)c(F)c2F)CC1. The lowest BCUT2D eigenvalue weighted by Gasteiger charge is -2.19. The van der Waals surface area contributed by atoms with Crippen LogP contribution >= 0.6 is 0 Å². The largest absolute Gasteiger partial charge is 0.345 e. The first-order valence-electron chi connectivity index (χ1n) is 5.60. The fourth-order valence-corrected chi connectivity index (χ4v) is 1.95. The summed E-state index contributed by atoms with van der Waals surface area (Å²) < 4.78 is 39.7. The first-order valence-corrected chi connectivity index (χ1v) is 5.60. The predicted molar refractivity (Wildman–Crippen MR) is 59.3 cm³/mol. The van der Waals surface area contributed by atoms with E-state index in [1.807, 2.05) is 0 Å². The smallest absolute Gasteiger partial charge is 0.234 e. The van der Waals surface area contributed by atoms with Gasteiger partial charge in [-0.15, -0.1) is 0 Å². The van der Waals surface area contributed by atoms with E-state index in [2.05, 4.69) is 10.6 Å². The molecule has 0 heterocycles. The minimum Gasteiger partial charge on any atom is -0.345 e. The monoisotopic (exact) mass is 258 g/mol. The Hall–Kier alpha value is -1.56. The van der Waals surface area contributed by atoms with E-state index in [9.17, 15) is 18.0 Å². The van der Waals surface area contributed by atoms with E-state index in [0.717, 1.165) is 6.07 Å². The number of carbonyl (C=O) groups is 1. The molecule has 6 heteroatoms. The Bertz CT molecular complexity index is 486. The highest BCUT2D eigenvalue weighted by Crippen LogP contribution is 2.46. The molecular weight excluding hydrogens is 245 g/mol. The average molecular weight is 258 g/mol. The van der Waals surface area contributed by atoms with Crippen molar-refractivity contribution < 1.29 is 18.0 Å². The van der Waals surface area contributed by atoms with Crippen LogP contribution < -0.4 is 10.6 Å². The Balaban J connectivity index is 2.26. The maximum absolute atomic E-state index is 13.7.